The number of H-pyrrole nitrogens is 1. The number of hydrogen-bond donors (Lipinski definition) is 1. The minimum atomic E-state index is -0.181. The number of rotatable bonds is 6. The minimum absolute atomic E-state index is 0.0215. The largest absolute Gasteiger partial charge is 0.497 e. The van der Waals surface area contributed by atoms with Crippen LogP contribution in [0.1, 0.15) is 36.6 Å². The van der Waals surface area contributed by atoms with Gasteiger partial charge in [0.15, 0.2) is 0 Å². The van der Waals surface area contributed by atoms with E-state index in [1.54, 1.807) is 19.5 Å². The lowest BCUT2D eigenvalue weighted by Gasteiger charge is -2.32. The molecule has 1 saturated heterocycles. The van der Waals surface area contributed by atoms with E-state index >= 15 is 0 Å². The third-order valence-corrected chi connectivity index (χ3v) is 5.68. The third kappa shape index (κ3) is 5.17. The van der Waals surface area contributed by atoms with Gasteiger partial charge in [0.05, 0.1) is 12.8 Å². The quantitative estimate of drug-likeness (QED) is 0.664. The van der Waals surface area contributed by atoms with E-state index in [0.29, 0.717) is 30.9 Å². The van der Waals surface area contributed by atoms with Gasteiger partial charge in [0.25, 0.3) is 5.56 Å². The number of piperidine rings is 1. The van der Waals surface area contributed by atoms with Crippen LogP contribution in [0.3, 0.4) is 0 Å². The zero-order chi connectivity index (χ0) is 21.6. The molecule has 1 unspecified atom stereocenters. The molecule has 1 atom stereocenters. The van der Waals surface area contributed by atoms with Crippen molar-refractivity contribution in [3.05, 3.63) is 76.6 Å². The molecule has 2 aromatic heterocycles. The lowest BCUT2D eigenvalue weighted by molar-refractivity contribution is -0.132. The van der Waals surface area contributed by atoms with Gasteiger partial charge in [-0.1, -0.05) is 12.1 Å². The average molecular weight is 418 g/mol. The highest BCUT2D eigenvalue weighted by molar-refractivity contribution is 5.76. The zero-order valence-electron chi connectivity index (χ0n) is 17.6. The summed E-state index contributed by atoms with van der Waals surface area (Å²) in [5.41, 5.74) is 2.41. The maximum Gasteiger partial charge on any atom is 0.251 e. The standard InChI is InChI=1S/C24H26N4O3/c1-31-20-7-4-17(5-8-20)6-9-23(30)28-14-2-3-19(16-28)24-26-21(15-22(29)27-24)18-10-12-25-13-11-18/h4-5,7-8,10-13,15,19H,2-3,6,9,14,16H2,1H3,(H,26,27,29). The molecule has 0 bridgehead atoms. The van der Waals surface area contributed by atoms with Crippen molar-refractivity contribution in [2.45, 2.75) is 31.6 Å². The Kier molecular flexibility index (Phi) is 6.40. The van der Waals surface area contributed by atoms with E-state index in [4.69, 9.17) is 9.72 Å². The first kappa shape index (κ1) is 20.8. The van der Waals surface area contributed by atoms with Crippen LogP contribution >= 0.6 is 0 Å². The van der Waals surface area contributed by atoms with Crippen LogP contribution in [0.5, 0.6) is 5.75 Å². The molecule has 3 heterocycles. The second-order valence-corrected chi connectivity index (χ2v) is 7.78. The molecule has 4 rings (SSSR count). The van der Waals surface area contributed by atoms with Crippen molar-refractivity contribution in [2.75, 3.05) is 20.2 Å². The Morgan fingerprint density at radius 3 is 2.71 bits per heavy atom. The Hall–Kier alpha value is -3.48. The van der Waals surface area contributed by atoms with E-state index in [-0.39, 0.29) is 17.4 Å². The lowest BCUT2D eigenvalue weighted by Crippen LogP contribution is -2.40. The number of methoxy groups -OCH3 is 1. The summed E-state index contributed by atoms with van der Waals surface area (Å²) < 4.78 is 5.18. The van der Waals surface area contributed by atoms with Crippen LogP contribution in [0, 0.1) is 0 Å². The predicted molar refractivity (Wildman–Crippen MR) is 118 cm³/mol. The SMILES string of the molecule is COc1ccc(CCC(=O)N2CCCC(c3nc(-c4ccncc4)cc(=O)[nH]3)C2)cc1. The number of aromatic amines is 1. The van der Waals surface area contributed by atoms with Crippen LogP contribution in [0.2, 0.25) is 0 Å². The molecule has 1 fully saturated rings. The molecule has 0 saturated carbocycles. The summed E-state index contributed by atoms with van der Waals surface area (Å²) in [4.78, 5) is 38.6. The number of hydrogen-bond acceptors (Lipinski definition) is 5. The highest BCUT2D eigenvalue weighted by Gasteiger charge is 2.26. The predicted octanol–water partition coefficient (Wildman–Crippen LogP) is 3.18. The zero-order valence-corrected chi connectivity index (χ0v) is 17.6. The van der Waals surface area contributed by atoms with E-state index in [2.05, 4.69) is 9.97 Å². The first-order valence-electron chi connectivity index (χ1n) is 10.5. The second-order valence-electron chi connectivity index (χ2n) is 7.78. The Bertz CT molecular complexity index is 1080. The van der Waals surface area contributed by atoms with Crippen molar-refractivity contribution in [2.24, 2.45) is 0 Å². The molecule has 0 spiro atoms. The normalized spacial score (nSPS) is 16.2. The number of ether oxygens (including phenoxy) is 1. The second kappa shape index (κ2) is 9.55. The molecule has 1 amide bonds. The molecule has 0 aliphatic carbocycles. The summed E-state index contributed by atoms with van der Waals surface area (Å²) in [5, 5.41) is 0. The number of benzene rings is 1. The van der Waals surface area contributed by atoms with Gasteiger partial charge in [0, 0.05) is 49.5 Å². The Balaban J connectivity index is 1.42. The van der Waals surface area contributed by atoms with Gasteiger partial charge in [-0.2, -0.15) is 0 Å². The van der Waals surface area contributed by atoms with Crippen LogP contribution in [0.25, 0.3) is 11.3 Å². The van der Waals surface area contributed by atoms with Crippen molar-refractivity contribution in [1.82, 2.24) is 19.9 Å². The molecule has 7 nitrogen and oxygen atoms in total. The molecule has 1 N–H and O–H groups in total. The fraction of sp³-hybridized carbons (Fsp3) is 0.333. The van der Waals surface area contributed by atoms with Crippen molar-refractivity contribution in [3.8, 4) is 17.0 Å². The minimum Gasteiger partial charge on any atom is -0.497 e. The van der Waals surface area contributed by atoms with Crippen LogP contribution < -0.4 is 10.3 Å². The maximum absolute atomic E-state index is 12.8. The van der Waals surface area contributed by atoms with Crippen LogP contribution in [-0.2, 0) is 11.2 Å². The van der Waals surface area contributed by atoms with E-state index < -0.39 is 0 Å². The van der Waals surface area contributed by atoms with Gasteiger partial charge in [0.2, 0.25) is 5.91 Å². The van der Waals surface area contributed by atoms with Gasteiger partial charge < -0.3 is 14.6 Å². The van der Waals surface area contributed by atoms with Crippen molar-refractivity contribution < 1.29 is 9.53 Å². The molecule has 1 aliphatic heterocycles. The van der Waals surface area contributed by atoms with Gasteiger partial charge in [-0.05, 0) is 49.1 Å². The molecule has 1 aliphatic rings. The molecule has 3 aromatic rings. The number of likely N-dealkylation sites (tertiary alicyclic amines) is 1. The van der Waals surface area contributed by atoms with E-state index in [0.717, 1.165) is 36.3 Å². The molecule has 160 valence electrons. The van der Waals surface area contributed by atoms with Gasteiger partial charge in [0.1, 0.15) is 11.6 Å². The van der Waals surface area contributed by atoms with Crippen molar-refractivity contribution in [1.29, 1.82) is 0 Å². The van der Waals surface area contributed by atoms with Crippen molar-refractivity contribution in [3.63, 3.8) is 0 Å². The summed E-state index contributed by atoms with van der Waals surface area (Å²) in [6.07, 6.45) is 6.30. The lowest BCUT2D eigenvalue weighted by atomic mass is 9.96. The van der Waals surface area contributed by atoms with Crippen molar-refractivity contribution >= 4 is 5.91 Å². The smallest absolute Gasteiger partial charge is 0.251 e. The number of pyridine rings is 1. The Morgan fingerprint density at radius 2 is 1.97 bits per heavy atom. The first-order valence-corrected chi connectivity index (χ1v) is 10.5. The first-order chi connectivity index (χ1) is 15.1. The summed E-state index contributed by atoms with van der Waals surface area (Å²) >= 11 is 0. The number of nitrogens with one attached hydrogen (secondary N) is 1. The number of nitrogens with zero attached hydrogens (tertiary/aromatic N) is 3. The Labute approximate surface area is 181 Å². The summed E-state index contributed by atoms with van der Waals surface area (Å²) in [6.45, 7) is 1.32. The van der Waals surface area contributed by atoms with E-state index in [1.165, 1.54) is 6.07 Å². The number of carbonyl (C=O) groups excluding carboxylic acids is 1. The van der Waals surface area contributed by atoms with Crippen LogP contribution in [0.15, 0.2) is 59.7 Å². The molecule has 0 radical (unpaired) electrons. The Morgan fingerprint density at radius 1 is 1.19 bits per heavy atom. The summed E-state index contributed by atoms with van der Waals surface area (Å²) in [7, 11) is 1.64. The number of carbonyl (C=O) groups is 1. The molecular formula is C24H26N4O3. The number of aromatic nitrogens is 3. The molecular weight excluding hydrogens is 392 g/mol. The van der Waals surface area contributed by atoms with Crippen LogP contribution in [-0.4, -0.2) is 46.0 Å². The highest BCUT2D eigenvalue weighted by atomic mass is 16.5. The average Bonchev–Trinajstić information content (AvgIpc) is 2.83. The molecule has 31 heavy (non-hydrogen) atoms. The van der Waals surface area contributed by atoms with E-state index in [1.807, 2.05) is 41.3 Å². The summed E-state index contributed by atoms with van der Waals surface area (Å²) in [6, 6.07) is 13.0. The third-order valence-electron chi connectivity index (χ3n) is 5.68. The maximum atomic E-state index is 12.8. The van der Waals surface area contributed by atoms with Gasteiger partial charge in [-0.3, -0.25) is 14.6 Å². The van der Waals surface area contributed by atoms with Gasteiger partial charge in [-0.25, -0.2) is 4.98 Å². The van der Waals surface area contributed by atoms with Crippen LogP contribution in [0.4, 0.5) is 0 Å². The van der Waals surface area contributed by atoms with Gasteiger partial charge >= 0.3 is 0 Å². The fourth-order valence-electron chi connectivity index (χ4n) is 3.97. The van der Waals surface area contributed by atoms with E-state index in [9.17, 15) is 9.59 Å². The molecule has 1 aromatic carbocycles. The monoisotopic (exact) mass is 418 g/mol. The van der Waals surface area contributed by atoms with Gasteiger partial charge in [-0.15, -0.1) is 0 Å². The number of amides is 1. The summed E-state index contributed by atoms with van der Waals surface area (Å²) in [5.74, 6) is 1.61. The fourth-order valence-corrected chi connectivity index (χ4v) is 3.97. The highest BCUT2D eigenvalue weighted by Crippen LogP contribution is 2.26. The topological polar surface area (TPSA) is 88.2 Å². The number of aryl methyl sites for hydroxylation is 1. The molecule has 7 heteroatoms.